The van der Waals surface area contributed by atoms with Crippen LogP contribution < -0.4 is 0 Å². The van der Waals surface area contributed by atoms with E-state index < -0.39 is 30.7 Å². The van der Waals surface area contributed by atoms with Crippen molar-refractivity contribution in [1.82, 2.24) is 9.80 Å². The number of nitrogens with zero attached hydrogens (tertiary/aromatic N) is 2. The van der Waals surface area contributed by atoms with Gasteiger partial charge < -0.3 is 4.90 Å². The highest BCUT2D eigenvalue weighted by atomic mass is 19.4. The maximum atomic E-state index is 12.5. The topological polar surface area (TPSA) is 40.6 Å². The van der Waals surface area contributed by atoms with Crippen LogP contribution in [0.1, 0.15) is 38.5 Å². The predicted molar refractivity (Wildman–Crippen MR) is 63.8 cm³/mol. The third-order valence-electron chi connectivity index (χ3n) is 4.71. The number of amides is 3. The third kappa shape index (κ3) is 2.16. The molecule has 1 aliphatic carbocycles. The van der Waals surface area contributed by atoms with Gasteiger partial charge >= 0.3 is 12.2 Å². The Bertz CT molecular complexity index is 438. The molecule has 20 heavy (non-hydrogen) atoms. The fourth-order valence-corrected chi connectivity index (χ4v) is 3.89. The Hall–Kier alpha value is -1.27. The number of carbonyl (C=O) groups excluding carboxylic acids is 2. The van der Waals surface area contributed by atoms with E-state index >= 15 is 0 Å². The van der Waals surface area contributed by atoms with Gasteiger partial charge in [0.1, 0.15) is 12.6 Å². The molecule has 3 fully saturated rings. The first-order valence-corrected chi connectivity index (χ1v) is 7.09. The Morgan fingerprint density at radius 3 is 2.45 bits per heavy atom. The minimum Gasteiger partial charge on any atom is -0.309 e. The molecule has 2 heterocycles. The molecule has 1 saturated carbocycles. The summed E-state index contributed by atoms with van der Waals surface area (Å²) in [6, 6.07) is -1.45. The summed E-state index contributed by atoms with van der Waals surface area (Å²) in [6.07, 6.45) is 0.699. The average Bonchev–Trinajstić information content (AvgIpc) is 2.62. The lowest BCUT2D eigenvalue weighted by Crippen LogP contribution is -2.52. The Labute approximate surface area is 114 Å². The Morgan fingerprint density at radius 1 is 1.05 bits per heavy atom. The van der Waals surface area contributed by atoms with E-state index in [1.54, 1.807) is 0 Å². The second-order valence-corrected chi connectivity index (χ2v) is 5.93. The minimum atomic E-state index is -4.54. The van der Waals surface area contributed by atoms with Gasteiger partial charge in [0.05, 0.1) is 0 Å². The molecule has 0 bridgehead atoms. The number of imide groups is 1. The smallest absolute Gasteiger partial charge is 0.309 e. The number of urea groups is 1. The summed E-state index contributed by atoms with van der Waals surface area (Å²) in [4.78, 5) is 26.1. The molecule has 2 saturated heterocycles. The van der Waals surface area contributed by atoms with Gasteiger partial charge in [-0.3, -0.25) is 9.69 Å². The van der Waals surface area contributed by atoms with Gasteiger partial charge in [-0.05, 0) is 31.6 Å². The van der Waals surface area contributed by atoms with Crippen LogP contribution in [-0.2, 0) is 4.79 Å². The highest BCUT2D eigenvalue weighted by Crippen LogP contribution is 2.41. The molecule has 0 aromatic rings. The van der Waals surface area contributed by atoms with Crippen molar-refractivity contribution < 1.29 is 22.8 Å². The van der Waals surface area contributed by atoms with Crippen molar-refractivity contribution in [3.8, 4) is 0 Å². The molecule has 4 nitrogen and oxygen atoms in total. The van der Waals surface area contributed by atoms with Crippen LogP contribution in [0.5, 0.6) is 0 Å². The lowest BCUT2D eigenvalue weighted by Gasteiger charge is -2.44. The molecule has 2 aliphatic heterocycles. The van der Waals surface area contributed by atoms with Gasteiger partial charge in [-0.1, -0.05) is 12.8 Å². The predicted octanol–water partition coefficient (Wildman–Crippen LogP) is 2.53. The van der Waals surface area contributed by atoms with E-state index in [0.717, 1.165) is 32.1 Å². The number of carbonyl (C=O) groups is 2. The number of hydrogen-bond acceptors (Lipinski definition) is 2. The Kier molecular flexibility index (Phi) is 3.17. The van der Waals surface area contributed by atoms with E-state index in [1.165, 1.54) is 4.90 Å². The lowest BCUT2D eigenvalue weighted by molar-refractivity contribution is -0.153. The zero-order valence-corrected chi connectivity index (χ0v) is 11.0. The molecule has 3 atom stereocenters. The second kappa shape index (κ2) is 4.63. The molecule has 0 spiro atoms. The normalized spacial score (nSPS) is 34.2. The van der Waals surface area contributed by atoms with Gasteiger partial charge in [-0.25, -0.2) is 4.79 Å². The largest absolute Gasteiger partial charge is 0.406 e. The lowest BCUT2D eigenvalue weighted by atomic mass is 9.77. The first kappa shape index (κ1) is 13.7. The second-order valence-electron chi connectivity index (χ2n) is 5.93. The highest BCUT2D eigenvalue weighted by Gasteiger charge is 2.54. The summed E-state index contributed by atoms with van der Waals surface area (Å²) in [5, 5.41) is 0. The van der Waals surface area contributed by atoms with Crippen LogP contribution in [0.25, 0.3) is 0 Å². The molecule has 0 aromatic carbocycles. The van der Waals surface area contributed by atoms with Crippen LogP contribution in [0.4, 0.5) is 18.0 Å². The Balaban J connectivity index is 1.83. The number of hydrogen-bond donors (Lipinski definition) is 0. The molecule has 3 aliphatic rings. The molecule has 7 heteroatoms. The maximum absolute atomic E-state index is 12.5. The van der Waals surface area contributed by atoms with Crippen LogP contribution in [0, 0.1) is 5.92 Å². The van der Waals surface area contributed by atoms with Gasteiger partial charge in [0, 0.05) is 6.04 Å². The van der Waals surface area contributed by atoms with Gasteiger partial charge in [0.15, 0.2) is 0 Å². The van der Waals surface area contributed by atoms with E-state index in [4.69, 9.17) is 0 Å². The fraction of sp³-hybridized carbons (Fsp3) is 0.846. The summed E-state index contributed by atoms with van der Waals surface area (Å²) in [7, 11) is 0. The molecule has 0 aromatic heterocycles. The first-order valence-electron chi connectivity index (χ1n) is 7.09. The van der Waals surface area contributed by atoms with Gasteiger partial charge in [-0.15, -0.1) is 0 Å². The molecule has 0 N–H and O–H groups in total. The van der Waals surface area contributed by atoms with Crippen molar-refractivity contribution in [2.45, 2.75) is 56.8 Å². The Morgan fingerprint density at radius 2 is 1.75 bits per heavy atom. The minimum absolute atomic E-state index is 0.0443. The molecule has 3 unspecified atom stereocenters. The molecular formula is C13H17F3N2O2. The molecule has 3 amide bonds. The van der Waals surface area contributed by atoms with Gasteiger partial charge in [0.2, 0.25) is 0 Å². The quantitative estimate of drug-likeness (QED) is 0.696. The number of fused-ring (bicyclic) bond motifs is 3. The summed E-state index contributed by atoms with van der Waals surface area (Å²) >= 11 is 0. The summed E-state index contributed by atoms with van der Waals surface area (Å²) in [6.45, 7) is -1.46. The van der Waals surface area contributed by atoms with Crippen molar-refractivity contribution in [3.05, 3.63) is 0 Å². The van der Waals surface area contributed by atoms with Crippen LogP contribution in [0.3, 0.4) is 0 Å². The van der Waals surface area contributed by atoms with E-state index in [1.807, 2.05) is 0 Å². The maximum Gasteiger partial charge on any atom is 0.406 e. The van der Waals surface area contributed by atoms with Crippen molar-refractivity contribution >= 4 is 11.9 Å². The SMILES string of the molecule is O=C1C2CCC3CCCCC3N2C(=O)N1CC(F)(F)F. The number of halogens is 3. The van der Waals surface area contributed by atoms with E-state index in [0.29, 0.717) is 17.2 Å². The van der Waals surface area contributed by atoms with E-state index in [-0.39, 0.29) is 6.04 Å². The monoisotopic (exact) mass is 290 g/mol. The summed E-state index contributed by atoms with van der Waals surface area (Å²) in [5.74, 6) is -0.320. The van der Waals surface area contributed by atoms with Crippen molar-refractivity contribution in [1.29, 1.82) is 0 Å². The van der Waals surface area contributed by atoms with Crippen LogP contribution in [-0.4, -0.2) is 46.5 Å². The molecule has 0 radical (unpaired) electrons. The van der Waals surface area contributed by atoms with Gasteiger partial charge in [-0.2, -0.15) is 13.2 Å². The molecular weight excluding hydrogens is 273 g/mol. The number of rotatable bonds is 1. The van der Waals surface area contributed by atoms with Crippen LogP contribution in [0.15, 0.2) is 0 Å². The summed E-state index contributed by atoms with van der Waals surface area (Å²) in [5.41, 5.74) is 0. The van der Waals surface area contributed by atoms with Crippen LogP contribution in [0.2, 0.25) is 0 Å². The third-order valence-corrected chi connectivity index (χ3v) is 4.71. The highest BCUT2D eigenvalue weighted by molar-refractivity contribution is 6.04. The van der Waals surface area contributed by atoms with Crippen molar-refractivity contribution in [2.24, 2.45) is 5.92 Å². The first-order chi connectivity index (χ1) is 9.38. The zero-order chi connectivity index (χ0) is 14.5. The zero-order valence-electron chi connectivity index (χ0n) is 11.0. The van der Waals surface area contributed by atoms with E-state index in [2.05, 4.69) is 0 Å². The van der Waals surface area contributed by atoms with E-state index in [9.17, 15) is 22.8 Å². The number of alkyl halides is 3. The summed E-state index contributed by atoms with van der Waals surface area (Å²) < 4.78 is 37.5. The average molecular weight is 290 g/mol. The van der Waals surface area contributed by atoms with Gasteiger partial charge in [0.25, 0.3) is 5.91 Å². The molecule has 112 valence electrons. The fourth-order valence-electron chi connectivity index (χ4n) is 3.89. The van der Waals surface area contributed by atoms with Crippen molar-refractivity contribution in [2.75, 3.05) is 6.54 Å². The molecule has 3 rings (SSSR count). The number of piperidine rings is 1. The standard InChI is InChI=1S/C13H17F3N2O2/c14-13(15,16)7-17-11(19)10-6-5-8-3-1-2-4-9(8)18(10)12(17)20/h8-10H,1-7H2. The van der Waals surface area contributed by atoms with Crippen LogP contribution >= 0.6 is 0 Å². The van der Waals surface area contributed by atoms with Crippen molar-refractivity contribution in [3.63, 3.8) is 0 Å².